The molecule has 1 aliphatic rings. The molecule has 2 heterocycles. The molecule has 1 aromatic heterocycles. The Kier molecular flexibility index (Phi) is 4.54. The van der Waals surface area contributed by atoms with Gasteiger partial charge in [-0.25, -0.2) is 4.79 Å². The maximum absolute atomic E-state index is 12.6. The van der Waals surface area contributed by atoms with E-state index in [2.05, 4.69) is 35.0 Å². The Labute approximate surface area is 148 Å². The van der Waals surface area contributed by atoms with E-state index in [1.54, 1.807) is 6.20 Å². The smallest absolute Gasteiger partial charge is 0.410 e. The highest BCUT2D eigenvalue weighted by atomic mass is 16.6. The number of piperazine rings is 1. The van der Waals surface area contributed by atoms with E-state index in [9.17, 15) is 4.79 Å². The fourth-order valence-electron chi connectivity index (χ4n) is 3.47. The average molecular weight is 342 g/mol. The average Bonchev–Trinajstić information content (AvgIpc) is 2.52. The summed E-state index contributed by atoms with van der Waals surface area (Å²) in [6.07, 6.45) is 1.48. The van der Waals surface area contributed by atoms with E-state index >= 15 is 0 Å². The van der Waals surface area contributed by atoms with Crippen LogP contribution in [0.3, 0.4) is 0 Å². The van der Waals surface area contributed by atoms with Crippen molar-refractivity contribution < 1.29 is 9.53 Å². The Morgan fingerprint density at radius 2 is 1.84 bits per heavy atom. The van der Waals surface area contributed by atoms with Gasteiger partial charge < -0.3 is 9.64 Å². The van der Waals surface area contributed by atoms with Crippen LogP contribution in [0.25, 0.3) is 10.9 Å². The van der Waals surface area contributed by atoms with E-state index in [1.165, 1.54) is 0 Å². The number of carbonyl (C=O) groups excluding carboxylic acids is 1. The Morgan fingerprint density at radius 1 is 1.16 bits per heavy atom. The van der Waals surface area contributed by atoms with E-state index in [0.29, 0.717) is 0 Å². The molecular formula is C19H26N4O2. The van der Waals surface area contributed by atoms with Crippen molar-refractivity contribution >= 4 is 22.7 Å². The number of fused-ring (bicyclic) bond motifs is 1. The first kappa shape index (κ1) is 17.5. The number of carbonyl (C=O) groups is 1. The minimum absolute atomic E-state index is 0.0589. The van der Waals surface area contributed by atoms with E-state index in [-0.39, 0.29) is 18.2 Å². The second-order valence-corrected chi connectivity index (χ2v) is 7.73. The molecule has 0 aliphatic carbocycles. The highest BCUT2D eigenvalue weighted by Crippen LogP contribution is 2.29. The fraction of sp³-hybridized carbons (Fsp3) is 0.526. The van der Waals surface area contributed by atoms with Crippen LogP contribution in [-0.4, -0.2) is 52.0 Å². The van der Waals surface area contributed by atoms with Crippen LogP contribution in [0.15, 0.2) is 30.5 Å². The molecule has 6 heteroatoms. The number of benzene rings is 1. The minimum Gasteiger partial charge on any atom is -0.444 e. The van der Waals surface area contributed by atoms with Gasteiger partial charge in [-0.1, -0.05) is 6.07 Å². The first-order valence-corrected chi connectivity index (χ1v) is 8.73. The molecule has 134 valence electrons. The van der Waals surface area contributed by atoms with Crippen molar-refractivity contribution in [1.29, 1.82) is 0 Å². The Morgan fingerprint density at radius 3 is 2.48 bits per heavy atom. The number of hydrogen-bond donors (Lipinski definition) is 0. The number of anilines is 1. The summed E-state index contributed by atoms with van der Waals surface area (Å²) in [5, 5.41) is 9.24. The van der Waals surface area contributed by atoms with Crippen molar-refractivity contribution in [2.75, 3.05) is 18.0 Å². The standard InChI is InChI=1S/C19H26N4O2/c1-13-11-22(12-14(2)23(13)18(24)25-19(3,4)5)17-8-6-7-16-15(17)9-10-20-21-16/h6-10,13-14H,11-12H2,1-5H3/t13-,14?/m0/s1. The molecule has 25 heavy (non-hydrogen) atoms. The zero-order chi connectivity index (χ0) is 18.2. The second-order valence-electron chi connectivity index (χ2n) is 7.73. The van der Waals surface area contributed by atoms with Crippen LogP contribution in [-0.2, 0) is 4.74 Å². The topological polar surface area (TPSA) is 58.6 Å². The van der Waals surface area contributed by atoms with Crippen molar-refractivity contribution in [2.45, 2.75) is 52.3 Å². The molecule has 1 aliphatic heterocycles. The van der Waals surface area contributed by atoms with Gasteiger partial charge in [0.2, 0.25) is 0 Å². The third kappa shape index (κ3) is 3.67. The number of aromatic nitrogens is 2. The monoisotopic (exact) mass is 342 g/mol. The molecule has 0 radical (unpaired) electrons. The highest BCUT2D eigenvalue weighted by molar-refractivity contribution is 5.91. The summed E-state index contributed by atoms with van der Waals surface area (Å²) in [6, 6.07) is 8.18. The van der Waals surface area contributed by atoms with Gasteiger partial charge in [0, 0.05) is 24.2 Å². The van der Waals surface area contributed by atoms with Gasteiger partial charge in [-0.3, -0.25) is 4.90 Å². The molecule has 2 atom stereocenters. The zero-order valence-corrected chi connectivity index (χ0v) is 15.6. The van der Waals surface area contributed by atoms with E-state index in [1.807, 2.05) is 43.9 Å². The largest absolute Gasteiger partial charge is 0.444 e. The molecule has 0 spiro atoms. The maximum atomic E-state index is 12.6. The van der Waals surface area contributed by atoms with Crippen LogP contribution < -0.4 is 4.90 Å². The van der Waals surface area contributed by atoms with Crippen molar-refractivity contribution in [3.05, 3.63) is 30.5 Å². The van der Waals surface area contributed by atoms with Gasteiger partial charge in [-0.15, -0.1) is 0 Å². The molecule has 2 aromatic rings. The normalized spacial score (nSPS) is 21.5. The van der Waals surface area contributed by atoms with E-state index < -0.39 is 5.60 Å². The lowest BCUT2D eigenvalue weighted by Gasteiger charge is -2.45. The predicted octanol–water partition coefficient (Wildman–Crippen LogP) is 3.46. The lowest BCUT2D eigenvalue weighted by molar-refractivity contribution is 0.00568. The summed E-state index contributed by atoms with van der Waals surface area (Å²) in [5.41, 5.74) is 1.53. The number of amides is 1. The quantitative estimate of drug-likeness (QED) is 0.794. The molecular weight excluding hydrogens is 316 g/mol. The molecule has 6 nitrogen and oxygen atoms in total. The van der Waals surface area contributed by atoms with E-state index in [0.717, 1.165) is 29.7 Å². The van der Waals surface area contributed by atoms with Crippen molar-refractivity contribution in [3.63, 3.8) is 0 Å². The summed E-state index contributed by atoms with van der Waals surface area (Å²) < 4.78 is 5.58. The number of rotatable bonds is 1. The van der Waals surface area contributed by atoms with Crippen LogP contribution in [0.5, 0.6) is 0 Å². The minimum atomic E-state index is -0.484. The van der Waals surface area contributed by atoms with Crippen LogP contribution in [0.2, 0.25) is 0 Å². The summed E-state index contributed by atoms with van der Waals surface area (Å²) in [5.74, 6) is 0. The lowest BCUT2D eigenvalue weighted by Crippen LogP contribution is -2.59. The molecule has 1 aromatic carbocycles. The van der Waals surface area contributed by atoms with Crippen LogP contribution >= 0.6 is 0 Å². The number of nitrogens with zero attached hydrogens (tertiary/aromatic N) is 4. The Balaban J connectivity index is 1.83. The summed E-state index contributed by atoms with van der Waals surface area (Å²) >= 11 is 0. The van der Waals surface area contributed by atoms with Gasteiger partial charge in [-0.05, 0) is 52.8 Å². The molecule has 0 N–H and O–H groups in total. The lowest BCUT2D eigenvalue weighted by atomic mass is 10.1. The van der Waals surface area contributed by atoms with Crippen molar-refractivity contribution in [3.8, 4) is 0 Å². The summed E-state index contributed by atoms with van der Waals surface area (Å²) in [7, 11) is 0. The predicted molar refractivity (Wildman–Crippen MR) is 98.7 cm³/mol. The van der Waals surface area contributed by atoms with Crippen LogP contribution in [0.4, 0.5) is 10.5 Å². The first-order valence-electron chi connectivity index (χ1n) is 8.73. The molecule has 3 rings (SSSR count). The number of ether oxygens (including phenoxy) is 1. The number of hydrogen-bond acceptors (Lipinski definition) is 5. The zero-order valence-electron chi connectivity index (χ0n) is 15.6. The Bertz CT molecular complexity index is 754. The third-order valence-corrected chi connectivity index (χ3v) is 4.40. The van der Waals surface area contributed by atoms with Gasteiger partial charge in [0.1, 0.15) is 5.60 Å². The van der Waals surface area contributed by atoms with Crippen molar-refractivity contribution in [2.24, 2.45) is 0 Å². The fourth-order valence-corrected chi connectivity index (χ4v) is 3.47. The maximum Gasteiger partial charge on any atom is 0.410 e. The summed E-state index contributed by atoms with van der Waals surface area (Å²) in [4.78, 5) is 16.7. The summed E-state index contributed by atoms with van der Waals surface area (Å²) in [6.45, 7) is 11.3. The highest BCUT2D eigenvalue weighted by Gasteiger charge is 2.35. The van der Waals surface area contributed by atoms with E-state index in [4.69, 9.17) is 4.74 Å². The van der Waals surface area contributed by atoms with Gasteiger partial charge in [0.05, 0.1) is 23.8 Å². The van der Waals surface area contributed by atoms with Crippen LogP contribution in [0, 0.1) is 0 Å². The molecule has 1 amide bonds. The van der Waals surface area contributed by atoms with Gasteiger partial charge in [0.25, 0.3) is 0 Å². The SMILES string of the molecule is CC1CN(c2cccc3nnccc23)C[C@H](C)N1C(=O)OC(C)(C)C. The molecule has 0 saturated carbocycles. The molecule has 1 fully saturated rings. The molecule has 1 unspecified atom stereocenters. The van der Waals surface area contributed by atoms with Crippen molar-refractivity contribution in [1.82, 2.24) is 15.1 Å². The second kappa shape index (κ2) is 6.50. The van der Waals surface area contributed by atoms with Gasteiger partial charge in [-0.2, -0.15) is 10.2 Å². The third-order valence-electron chi connectivity index (χ3n) is 4.40. The molecule has 0 bridgehead atoms. The van der Waals surface area contributed by atoms with Gasteiger partial charge >= 0.3 is 6.09 Å². The van der Waals surface area contributed by atoms with Gasteiger partial charge in [0.15, 0.2) is 0 Å². The van der Waals surface area contributed by atoms with Crippen LogP contribution in [0.1, 0.15) is 34.6 Å². The molecule has 1 saturated heterocycles. The Hall–Kier alpha value is -2.37. The first-order chi connectivity index (χ1) is 11.8.